The molecule has 0 aromatic carbocycles. The fraction of sp³-hybridized carbons (Fsp3) is 0.522. The average molecular weight is 484 g/mol. The van der Waals surface area contributed by atoms with Gasteiger partial charge in [-0.25, -0.2) is 14.8 Å². The zero-order chi connectivity index (χ0) is 24.9. The summed E-state index contributed by atoms with van der Waals surface area (Å²) in [5.74, 6) is 1.83. The van der Waals surface area contributed by atoms with E-state index < -0.39 is 6.09 Å². The number of carboxylic acid groups (broad SMARTS) is 1. The lowest BCUT2D eigenvalue weighted by atomic mass is 10.1. The van der Waals surface area contributed by atoms with Crippen LogP contribution in [-0.4, -0.2) is 99.6 Å². The zero-order valence-electron chi connectivity index (χ0n) is 20.7. The molecule has 0 aliphatic carbocycles. The maximum Gasteiger partial charge on any atom is 0.407 e. The maximum absolute atomic E-state index is 11.4. The van der Waals surface area contributed by atoms with Gasteiger partial charge in [-0.15, -0.1) is 0 Å². The van der Waals surface area contributed by atoms with Crippen molar-refractivity contribution in [2.24, 2.45) is 0 Å². The minimum Gasteiger partial charge on any atom is -0.465 e. The third-order valence-electron chi connectivity index (χ3n) is 6.07. The van der Waals surface area contributed by atoms with Crippen LogP contribution in [0.25, 0.3) is 11.0 Å². The molecule has 0 radical (unpaired) electrons. The second kappa shape index (κ2) is 10.8. The summed E-state index contributed by atoms with van der Waals surface area (Å²) in [4.78, 5) is 30.9. The van der Waals surface area contributed by atoms with E-state index in [0.29, 0.717) is 68.9 Å². The van der Waals surface area contributed by atoms with Crippen LogP contribution < -0.4 is 10.2 Å². The molecule has 0 saturated carbocycles. The topological polar surface area (TPSA) is 136 Å². The molecule has 1 aliphatic rings. The molecule has 3 aromatic heterocycles. The molecule has 1 fully saturated rings. The fourth-order valence-electron chi connectivity index (χ4n) is 4.21. The number of pyridine rings is 1. The number of H-pyrrole nitrogens is 1. The number of piperazine rings is 1. The van der Waals surface area contributed by atoms with Gasteiger partial charge in [0.25, 0.3) is 0 Å². The van der Waals surface area contributed by atoms with E-state index in [2.05, 4.69) is 20.3 Å². The first kappa shape index (κ1) is 24.6. The lowest BCUT2D eigenvalue weighted by Gasteiger charge is -2.37. The highest BCUT2D eigenvalue weighted by Crippen LogP contribution is 2.33. The fourth-order valence-corrected chi connectivity index (χ4v) is 4.21. The summed E-state index contributed by atoms with van der Waals surface area (Å²) in [6.45, 7) is 7.30. The van der Waals surface area contributed by atoms with Gasteiger partial charge in [-0.2, -0.15) is 10.1 Å². The predicted octanol–water partition coefficient (Wildman–Crippen LogP) is 2.63. The quantitative estimate of drug-likeness (QED) is 0.390. The number of anilines is 3. The van der Waals surface area contributed by atoms with E-state index >= 15 is 0 Å². The minimum atomic E-state index is -0.885. The molecular formula is C23H33N9O3. The Labute approximate surface area is 204 Å². The van der Waals surface area contributed by atoms with Crippen molar-refractivity contribution in [1.82, 2.24) is 34.9 Å². The lowest BCUT2D eigenvalue weighted by Crippen LogP contribution is -2.49. The van der Waals surface area contributed by atoms with Crippen molar-refractivity contribution in [3.05, 3.63) is 29.6 Å². The molecular weight excluding hydrogens is 450 g/mol. The molecule has 12 nitrogen and oxygen atoms in total. The van der Waals surface area contributed by atoms with Crippen LogP contribution >= 0.6 is 0 Å². The molecule has 4 rings (SSSR count). The van der Waals surface area contributed by atoms with E-state index in [0.717, 1.165) is 16.8 Å². The van der Waals surface area contributed by atoms with Crippen LogP contribution in [0.1, 0.15) is 30.6 Å². The standard InChI is InChI=1S/C23H33N9O3/c1-5-35-13-7-16(31-9-11-32(12-10-31)23(33)34)18-19-20(29-28-18)21(27-22(26-19)30(3)4)25-17-14-15(2)6-8-24-17/h6,8,14,16H,5,7,9-13H2,1-4H3,(H,28,29)(H,33,34)(H,24,25,26,27). The Morgan fingerprint density at radius 3 is 2.71 bits per heavy atom. The molecule has 1 unspecified atom stereocenters. The summed E-state index contributed by atoms with van der Waals surface area (Å²) in [6, 6.07) is 3.81. The van der Waals surface area contributed by atoms with Crippen LogP contribution in [0.3, 0.4) is 0 Å². The molecule has 12 heteroatoms. The zero-order valence-corrected chi connectivity index (χ0v) is 20.7. The molecule has 1 amide bonds. The monoisotopic (exact) mass is 483 g/mol. The number of carbonyl (C=O) groups is 1. The van der Waals surface area contributed by atoms with Crippen LogP contribution in [0, 0.1) is 6.92 Å². The van der Waals surface area contributed by atoms with Crippen LogP contribution in [0.4, 0.5) is 22.4 Å². The summed E-state index contributed by atoms with van der Waals surface area (Å²) < 4.78 is 5.67. The Morgan fingerprint density at radius 2 is 2.06 bits per heavy atom. The molecule has 0 bridgehead atoms. The molecule has 3 aromatic rings. The van der Waals surface area contributed by atoms with Gasteiger partial charge in [0.2, 0.25) is 5.95 Å². The van der Waals surface area contributed by atoms with Crippen LogP contribution in [0.2, 0.25) is 0 Å². The summed E-state index contributed by atoms with van der Waals surface area (Å²) in [7, 11) is 3.79. The van der Waals surface area contributed by atoms with E-state index in [4.69, 9.17) is 19.8 Å². The first-order valence-corrected chi connectivity index (χ1v) is 11.8. The predicted molar refractivity (Wildman–Crippen MR) is 133 cm³/mol. The van der Waals surface area contributed by atoms with Crippen molar-refractivity contribution in [3.63, 3.8) is 0 Å². The van der Waals surface area contributed by atoms with Gasteiger partial charge >= 0.3 is 6.09 Å². The first-order chi connectivity index (χ1) is 16.9. The van der Waals surface area contributed by atoms with E-state index in [1.165, 1.54) is 4.90 Å². The number of hydrogen-bond acceptors (Lipinski definition) is 9. The molecule has 1 aliphatic heterocycles. The van der Waals surface area contributed by atoms with Gasteiger partial charge in [0.15, 0.2) is 5.82 Å². The largest absolute Gasteiger partial charge is 0.465 e. The summed E-state index contributed by atoms with van der Waals surface area (Å²) in [5.41, 5.74) is 3.30. The highest BCUT2D eigenvalue weighted by molar-refractivity contribution is 5.90. The SMILES string of the molecule is CCOCCC(c1n[nH]c2c(Nc3cc(C)ccn3)nc(N(C)C)nc12)N1CCN(C(=O)O)CC1. The van der Waals surface area contributed by atoms with Crippen molar-refractivity contribution in [2.75, 3.05) is 63.7 Å². The number of aromatic nitrogens is 5. The number of rotatable bonds is 9. The van der Waals surface area contributed by atoms with Gasteiger partial charge in [0.1, 0.15) is 22.5 Å². The van der Waals surface area contributed by atoms with Gasteiger partial charge < -0.3 is 25.0 Å². The van der Waals surface area contributed by atoms with Gasteiger partial charge in [-0.1, -0.05) is 0 Å². The third kappa shape index (κ3) is 5.60. The molecule has 35 heavy (non-hydrogen) atoms. The highest BCUT2D eigenvalue weighted by atomic mass is 16.5. The number of nitrogens with one attached hydrogen (secondary N) is 2. The molecule has 3 N–H and O–H groups in total. The van der Waals surface area contributed by atoms with Crippen molar-refractivity contribution >= 4 is 34.7 Å². The summed E-state index contributed by atoms with van der Waals surface area (Å²) >= 11 is 0. The van der Waals surface area contributed by atoms with E-state index in [1.807, 2.05) is 45.0 Å². The number of aryl methyl sites for hydroxylation is 1. The first-order valence-electron chi connectivity index (χ1n) is 11.8. The van der Waals surface area contributed by atoms with Crippen molar-refractivity contribution in [2.45, 2.75) is 26.3 Å². The Kier molecular flexibility index (Phi) is 7.61. The Morgan fingerprint density at radius 1 is 1.29 bits per heavy atom. The van der Waals surface area contributed by atoms with Crippen molar-refractivity contribution in [1.29, 1.82) is 0 Å². The Hall–Kier alpha value is -3.51. The van der Waals surface area contributed by atoms with E-state index in [9.17, 15) is 9.90 Å². The van der Waals surface area contributed by atoms with Crippen LogP contribution in [-0.2, 0) is 4.74 Å². The van der Waals surface area contributed by atoms with Gasteiger partial charge in [-0.3, -0.25) is 10.00 Å². The number of amides is 1. The lowest BCUT2D eigenvalue weighted by molar-refractivity contribution is 0.0634. The molecule has 0 spiro atoms. The minimum absolute atomic E-state index is 0.0823. The molecule has 4 heterocycles. The van der Waals surface area contributed by atoms with E-state index in [-0.39, 0.29) is 6.04 Å². The molecule has 1 saturated heterocycles. The van der Waals surface area contributed by atoms with Crippen LogP contribution in [0.15, 0.2) is 18.3 Å². The number of hydrogen-bond donors (Lipinski definition) is 3. The Balaban J connectivity index is 1.72. The average Bonchev–Trinajstić information content (AvgIpc) is 3.26. The highest BCUT2D eigenvalue weighted by Gasteiger charge is 2.31. The number of fused-ring (bicyclic) bond motifs is 1. The van der Waals surface area contributed by atoms with Crippen molar-refractivity contribution in [3.8, 4) is 0 Å². The number of aromatic amines is 1. The van der Waals surface area contributed by atoms with Crippen LogP contribution in [0.5, 0.6) is 0 Å². The third-order valence-corrected chi connectivity index (χ3v) is 6.07. The summed E-state index contributed by atoms with van der Waals surface area (Å²) in [5, 5.41) is 20.5. The normalized spacial score (nSPS) is 15.4. The maximum atomic E-state index is 11.4. The number of ether oxygens (including phenoxy) is 1. The van der Waals surface area contributed by atoms with Gasteiger partial charge in [-0.05, 0) is 38.0 Å². The smallest absolute Gasteiger partial charge is 0.407 e. The van der Waals surface area contributed by atoms with Gasteiger partial charge in [0.05, 0.1) is 6.04 Å². The second-order valence-corrected chi connectivity index (χ2v) is 8.75. The summed E-state index contributed by atoms with van der Waals surface area (Å²) in [6.07, 6.45) is 1.58. The molecule has 188 valence electrons. The van der Waals surface area contributed by atoms with E-state index in [1.54, 1.807) is 6.20 Å². The number of nitrogens with zero attached hydrogens (tertiary/aromatic N) is 7. The Bertz CT molecular complexity index is 1160. The van der Waals surface area contributed by atoms with Crippen molar-refractivity contribution < 1.29 is 14.6 Å². The second-order valence-electron chi connectivity index (χ2n) is 8.75. The molecule has 1 atom stereocenters. The van der Waals surface area contributed by atoms with Gasteiger partial charge in [0, 0.05) is 59.7 Å².